The summed E-state index contributed by atoms with van der Waals surface area (Å²) in [5.41, 5.74) is 1.07. The molecule has 1 aromatic carbocycles. The van der Waals surface area contributed by atoms with Crippen molar-refractivity contribution >= 4 is 9.84 Å². The molecule has 6 nitrogen and oxygen atoms in total. The first kappa shape index (κ1) is 15.2. The summed E-state index contributed by atoms with van der Waals surface area (Å²) in [5, 5.41) is 15.6. The number of hydrogen-bond donors (Lipinski definition) is 1. The Hall–Kier alpha value is -2.17. The highest BCUT2D eigenvalue weighted by Gasteiger charge is 2.14. The van der Waals surface area contributed by atoms with Crippen LogP contribution in [0.5, 0.6) is 0 Å². The highest BCUT2D eigenvalue weighted by Crippen LogP contribution is 2.12. The van der Waals surface area contributed by atoms with E-state index in [-0.39, 0.29) is 10.6 Å². The number of nitrogens with one attached hydrogen (secondary N) is 1. The van der Waals surface area contributed by atoms with Crippen molar-refractivity contribution in [2.75, 3.05) is 12.3 Å². The van der Waals surface area contributed by atoms with Crippen molar-refractivity contribution in [3.05, 3.63) is 47.3 Å². The largest absolute Gasteiger partial charge is 0.361 e. The molecule has 2 aromatic rings. The van der Waals surface area contributed by atoms with Crippen molar-refractivity contribution in [3.63, 3.8) is 0 Å². The number of hydrogen-bond acceptors (Lipinski definition) is 6. The Morgan fingerprint density at radius 1 is 1.38 bits per heavy atom. The molecule has 1 heterocycles. The minimum absolute atomic E-state index is 0.0429. The lowest BCUT2D eigenvalue weighted by Crippen LogP contribution is -2.23. The Labute approximate surface area is 123 Å². The normalized spacial score (nSPS) is 11.2. The first-order valence-electron chi connectivity index (χ1n) is 6.37. The quantitative estimate of drug-likeness (QED) is 0.811. The summed E-state index contributed by atoms with van der Waals surface area (Å²) in [7, 11) is -3.40. The van der Waals surface area contributed by atoms with Crippen LogP contribution in [0.3, 0.4) is 0 Å². The molecule has 0 aliphatic rings. The van der Waals surface area contributed by atoms with Crippen molar-refractivity contribution in [2.24, 2.45) is 0 Å². The number of aromatic nitrogens is 1. The molecule has 21 heavy (non-hydrogen) atoms. The van der Waals surface area contributed by atoms with Gasteiger partial charge in [-0.1, -0.05) is 11.2 Å². The predicted molar refractivity (Wildman–Crippen MR) is 76.2 cm³/mol. The molecule has 0 saturated heterocycles. The van der Waals surface area contributed by atoms with Gasteiger partial charge in [0, 0.05) is 19.2 Å². The van der Waals surface area contributed by atoms with Crippen molar-refractivity contribution in [1.82, 2.24) is 10.5 Å². The lowest BCUT2D eigenvalue weighted by molar-refractivity contribution is 0.388. The molecule has 0 radical (unpaired) electrons. The van der Waals surface area contributed by atoms with Crippen LogP contribution in [-0.2, 0) is 16.4 Å². The number of nitriles is 1. The second-order valence-electron chi connectivity index (χ2n) is 4.56. The monoisotopic (exact) mass is 305 g/mol. The molecule has 2 rings (SSSR count). The Morgan fingerprint density at radius 2 is 2.19 bits per heavy atom. The third kappa shape index (κ3) is 4.15. The molecular weight excluding hydrogens is 290 g/mol. The van der Waals surface area contributed by atoms with Gasteiger partial charge in [0.25, 0.3) is 0 Å². The third-order valence-electron chi connectivity index (χ3n) is 2.85. The maximum absolute atomic E-state index is 12.1. The van der Waals surface area contributed by atoms with E-state index in [1.807, 2.05) is 6.07 Å². The first-order valence-corrected chi connectivity index (χ1v) is 8.02. The average Bonchev–Trinajstić information content (AvgIpc) is 2.89. The van der Waals surface area contributed by atoms with Gasteiger partial charge in [-0.3, -0.25) is 0 Å². The fourth-order valence-corrected chi connectivity index (χ4v) is 3.04. The highest BCUT2D eigenvalue weighted by atomic mass is 32.2. The minimum Gasteiger partial charge on any atom is -0.361 e. The van der Waals surface area contributed by atoms with Crippen LogP contribution in [0.4, 0.5) is 0 Å². The molecule has 110 valence electrons. The summed E-state index contributed by atoms with van der Waals surface area (Å²) in [4.78, 5) is 0.167. The summed E-state index contributed by atoms with van der Waals surface area (Å²) in [6.07, 6.45) is 0. The van der Waals surface area contributed by atoms with Gasteiger partial charge in [-0.05, 0) is 25.1 Å². The van der Waals surface area contributed by atoms with Gasteiger partial charge in [-0.15, -0.1) is 0 Å². The van der Waals surface area contributed by atoms with Gasteiger partial charge in [0.15, 0.2) is 9.84 Å². The molecule has 7 heteroatoms. The second-order valence-corrected chi connectivity index (χ2v) is 6.67. The molecule has 0 aliphatic carbocycles. The second kappa shape index (κ2) is 6.52. The lowest BCUT2D eigenvalue weighted by atomic mass is 10.2. The van der Waals surface area contributed by atoms with Gasteiger partial charge < -0.3 is 9.84 Å². The van der Waals surface area contributed by atoms with E-state index in [0.717, 1.165) is 5.69 Å². The van der Waals surface area contributed by atoms with Crippen molar-refractivity contribution in [1.29, 1.82) is 5.26 Å². The van der Waals surface area contributed by atoms with Crippen LogP contribution in [0.1, 0.15) is 17.0 Å². The maximum Gasteiger partial charge on any atom is 0.179 e. The summed E-state index contributed by atoms with van der Waals surface area (Å²) < 4.78 is 29.2. The van der Waals surface area contributed by atoms with Crippen LogP contribution in [0.2, 0.25) is 0 Å². The van der Waals surface area contributed by atoms with Gasteiger partial charge in [0.2, 0.25) is 0 Å². The van der Waals surface area contributed by atoms with Crippen LogP contribution in [-0.4, -0.2) is 25.9 Å². The van der Waals surface area contributed by atoms with E-state index in [9.17, 15) is 8.42 Å². The summed E-state index contributed by atoms with van der Waals surface area (Å²) in [6, 6.07) is 9.74. The van der Waals surface area contributed by atoms with Crippen LogP contribution in [0.15, 0.2) is 39.8 Å². The Morgan fingerprint density at radius 3 is 2.86 bits per heavy atom. The number of benzene rings is 1. The fraction of sp³-hybridized carbons (Fsp3) is 0.286. The molecule has 0 fully saturated rings. The maximum atomic E-state index is 12.1. The first-order chi connectivity index (χ1) is 10.0. The minimum atomic E-state index is -3.40. The summed E-state index contributed by atoms with van der Waals surface area (Å²) in [6.45, 7) is 2.54. The van der Waals surface area contributed by atoms with Crippen LogP contribution in [0, 0.1) is 18.3 Å². The molecule has 0 aliphatic heterocycles. The zero-order valence-electron chi connectivity index (χ0n) is 11.5. The van der Waals surface area contributed by atoms with E-state index >= 15 is 0 Å². The van der Waals surface area contributed by atoms with Crippen molar-refractivity contribution in [2.45, 2.75) is 18.4 Å². The molecule has 0 unspecified atom stereocenters. The van der Waals surface area contributed by atoms with Gasteiger partial charge >= 0.3 is 0 Å². The predicted octanol–water partition coefficient (Wildman–Crippen LogP) is 1.42. The molecule has 0 atom stereocenters. The smallest absolute Gasteiger partial charge is 0.179 e. The van der Waals surface area contributed by atoms with Crippen molar-refractivity contribution in [3.8, 4) is 6.07 Å². The third-order valence-corrected chi connectivity index (χ3v) is 4.57. The summed E-state index contributed by atoms with van der Waals surface area (Å²) >= 11 is 0. The average molecular weight is 305 g/mol. The standard InChI is InChI=1S/C14H15N3O3S/c1-11-7-13(17-20-11)10-16-5-6-21(18,19)14-4-2-3-12(8-14)9-15/h2-4,7-8,16H,5-6,10H2,1H3. The Kier molecular flexibility index (Phi) is 4.73. The number of rotatable bonds is 6. The zero-order chi connectivity index (χ0) is 15.3. The topological polar surface area (TPSA) is 96.0 Å². The van der Waals surface area contributed by atoms with Crippen molar-refractivity contribution < 1.29 is 12.9 Å². The van der Waals surface area contributed by atoms with E-state index < -0.39 is 9.84 Å². The van der Waals surface area contributed by atoms with E-state index in [4.69, 9.17) is 9.78 Å². The fourth-order valence-electron chi connectivity index (χ4n) is 1.80. The van der Waals surface area contributed by atoms with E-state index in [1.165, 1.54) is 12.1 Å². The summed E-state index contributed by atoms with van der Waals surface area (Å²) in [5.74, 6) is 0.673. The number of aryl methyl sites for hydroxylation is 1. The Bertz CT molecular complexity index is 760. The molecule has 0 amide bonds. The van der Waals surface area contributed by atoms with E-state index in [0.29, 0.717) is 24.4 Å². The molecule has 0 saturated carbocycles. The van der Waals surface area contributed by atoms with Gasteiger partial charge in [0.1, 0.15) is 5.76 Å². The van der Waals surface area contributed by atoms with Crippen LogP contribution < -0.4 is 5.32 Å². The highest BCUT2D eigenvalue weighted by molar-refractivity contribution is 7.91. The molecular formula is C14H15N3O3S. The molecule has 0 bridgehead atoms. The van der Waals surface area contributed by atoms with Crippen LogP contribution in [0.25, 0.3) is 0 Å². The zero-order valence-corrected chi connectivity index (χ0v) is 12.4. The molecule has 1 N–H and O–H groups in total. The molecule has 0 spiro atoms. The van der Waals surface area contributed by atoms with Gasteiger partial charge in [-0.2, -0.15) is 5.26 Å². The van der Waals surface area contributed by atoms with E-state index in [2.05, 4.69) is 10.5 Å². The number of nitrogens with zero attached hydrogens (tertiary/aromatic N) is 2. The van der Waals surface area contributed by atoms with Gasteiger partial charge in [0.05, 0.1) is 28.0 Å². The number of sulfone groups is 1. The Balaban J connectivity index is 1.90. The van der Waals surface area contributed by atoms with E-state index in [1.54, 1.807) is 25.1 Å². The molecule has 1 aromatic heterocycles. The SMILES string of the molecule is Cc1cc(CNCCS(=O)(=O)c2cccc(C#N)c2)no1. The van der Waals surface area contributed by atoms with Gasteiger partial charge in [-0.25, -0.2) is 8.42 Å². The lowest BCUT2D eigenvalue weighted by Gasteiger charge is -2.05. The van der Waals surface area contributed by atoms with Crippen LogP contribution >= 0.6 is 0 Å².